The summed E-state index contributed by atoms with van der Waals surface area (Å²) in [4.78, 5) is 12.2. The van der Waals surface area contributed by atoms with Gasteiger partial charge >= 0.3 is 0 Å². The molecule has 190 valence electrons. The molecule has 0 fully saturated rings. The van der Waals surface area contributed by atoms with Crippen LogP contribution in [-0.4, -0.2) is 40.2 Å². The van der Waals surface area contributed by atoms with E-state index in [4.69, 9.17) is 21.1 Å². The van der Waals surface area contributed by atoms with E-state index < -0.39 is 44.4 Å². The van der Waals surface area contributed by atoms with E-state index in [1.54, 1.807) is 6.92 Å². The molecule has 1 heterocycles. The van der Waals surface area contributed by atoms with Crippen molar-refractivity contribution in [2.24, 2.45) is 0 Å². The van der Waals surface area contributed by atoms with Gasteiger partial charge in [0.25, 0.3) is 15.9 Å². The lowest BCUT2D eigenvalue weighted by atomic mass is 10.1. The van der Waals surface area contributed by atoms with Gasteiger partial charge < -0.3 is 14.8 Å². The molecule has 0 bridgehead atoms. The number of ether oxygens (including phenoxy) is 2. The smallest absolute Gasteiger partial charge is 0.264 e. The minimum absolute atomic E-state index is 0.0323. The molecule has 0 saturated heterocycles. The SMILES string of the molecule is CCOCC1CN(S(=O)(=O)c2ccc(F)c(F)c2)c2cc(NC(=O)c3c(F)cccc3Cl)ccc2O1. The van der Waals surface area contributed by atoms with Crippen molar-refractivity contribution in [3.63, 3.8) is 0 Å². The first-order chi connectivity index (χ1) is 17.1. The first kappa shape index (κ1) is 25.8. The second kappa shape index (κ2) is 10.4. The number of carbonyl (C=O) groups is 1. The minimum Gasteiger partial charge on any atom is -0.484 e. The molecule has 3 aromatic carbocycles. The van der Waals surface area contributed by atoms with Crippen LogP contribution in [0.1, 0.15) is 17.3 Å². The molecule has 0 radical (unpaired) electrons. The summed E-state index contributed by atoms with van der Waals surface area (Å²) >= 11 is 5.96. The van der Waals surface area contributed by atoms with Gasteiger partial charge in [-0.1, -0.05) is 17.7 Å². The maximum atomic E-state index is 14.2. The van der Waals surface area contributed by atoms with E-state index in [2.05, 4.69) is 5.32 Å². The number of anilines is 2. The number of amides is 1. The van der Waals surface area contributed by atoms with Gasteiger partial charge in [-0.3, -0.25) is 9.10 Å². The minimum atomic E-state index is -4.39. The molecular formula is C24H20ClF3N2O5S. The molecule has 1 aliphatic heterocycles. The number of hydrogen-bond acceptors (Lipinski definition) is 5. The molecule has 0 saturated carbocycles. The molecule has 12 heteroatoms. The summed E-state index contributed by atoms with van der Waals surface area (Å²) in [7, 11) is -4.39. The lowest BCUT2D eigenvalue weighted by Gasteiger charge is -2.35. The fourth-order valence-electron chi connectivity index (χ4n) is 3.63. The molecule has 3 aromatic rings. The highest BCUT2D eigenvalue weighted by atomic mass is 35.5. The molecule has 0 spiro atoms. The van der Waals surface area contributed by atoms with Gasteiger partial charge in [-0.2, -0.15) is 0 Å². The second-order valence-electron chi connectivity index (χ2n) is 7.74. The highest BCUT2D eigenvalue weighted by molar-refractivity contribution is 7.92. The van der Waals surface area contributed by atoms with Crippen molar-refractivity contribution >= 4 is 38.9 Å². The summed E-state index contributed by atoms with van der Waals surface area (Å²) in [6.45, 7) is 2.00. The van der Waals surface area contributed by atoms with Gasteiger partial charge in [0.1, 0.15) is 17.7 Å². The molecule has 0 aromatic heterocycles. The number of hydrogen-bond donors (Lipinski definition) is 1. The first-order valence-electron chi connectivity index (χ1n) is 10.7. The monoisotopic (exact) mass is 540 g/mol. The van der Waals surface area contributed by atoms with Gasteiger partial charge in [-0.15, -0.1) is 0 Å². The number of nitrogens with one attached hydrogen (secondary N) is 1. The van der Waals surface area contributed by atoms with Crippen LogP contribution in [0.4, 0.5) is 24.5 Å². The maximum absolute atomic E-state index is 14.2. The average Bonchev–Trinajstić information content (AvgIpc) is 2.83. The summed E-state index contributed by atoms with van der Waals surface area (Å²) in [5, 5.41) is 2.39. The fraction of sp³-hybridized carbons (Fsp3) is 0.208. The van der Waals surface area contributed by atoms with Crippen LogP contribution in [0.3, 0.4) is 0 Å². The lowest BCUT2D eigenvalue weighted by Crippen LogP contribution is -2.45. The number of nitrogens with zero attached hydrogens (tertiary/aromatic N) is 1. The summed E-state index contributed by atoms with van der Waals surface area (Å²) in [6, 6.07) is 10.2. The Labute approximate surface area is 210 Å². The fourth-order valence-corrected chi connectivity index (χ4v) is 5.39. The Morgan fingerprint density at radius 1 is 1.11 bits per heavy atom. The van der Waals surface area contributed by atoms with Crippen LogP contribution >= 0.6 is 11.6 Å². The van der Waals surface area contributed by atoms with Crippen molar-refractivity contribution in [3.05, 3.63) is 82.6 Å². The summed E-state index contributed by atoms with van der Waals surface area (Å²) < 4.78 is 80.6. The molecule has 1 amide bonds. The number of sulfonamides is 1. The third kappa shape index (κ3) is 5.13. The lowest BCUT2D eigenvalue weighted by molar-refractivity contribution is 0.0577. The number of rotatable bonds is 7. The van der Waals surface area contributed by atoms with E-state index in [9.17, 15) is 26.4 Å². The third-order valence-electron chi connectivity index (χ3n) is 5.33. The van der Waals surface area contributed by atoms with Crippen LogP contribution in [0, 0.1) is 17.5 Å². The maximum Gasteiger partial charge on any atom is 0.264 e. The van der Waals surface area contributed by atoms with E-state index in [0.717, 1.165) is 22.5 Å². The molecule has 1 atom stereocenters. The summed E-state index contributed by atoms with van der Waals surface area (Å²) in [5.41, 5.74) is -0.225. The summed E-state index contributed by atoms with van der Waals surface area (Å²) in [6.07, 6.45) is -0.699. The Morgan fingerprint density at radius 3 is 2.58 bits per heavy atom. The van der Waals surface area contributed by atoms with Gasteiger partial charge in [0.05, 0.1) is 34.3 Å². The molecule has 4 rings (SSSR count). The highest BCUT2D eigenvalue weighted by Gasteiger charge is 2.35. The quantitative estimate of drug-likeness (QED) is 0.456. The van der Waals surface area contributed by atoms with E-state index in [-0.39, 0.29) is 40.9 Å². The third-order valence-corrected chi connectivity index (χ3v) is 7.42. The second-order valence-corrected chi connectivity index (χ2v) is 10.0. The van der Waals surface area contributed by atoms with Gasteiger partial charge in [0.2, 0.25) is 0 Å². The zero-order chi connectivity index (χ0) is 26.0. The normalized spacial score (nSPS) is 15.2. The Balaban J connectivity index is 1.73. The van der Waals surface area contributed by atoms with E-state index in [1.807, 2.05) is 0 Å². The van der Waals surface area contributed by atoms with Gasteiger partial charge in [-0.25, -0.2) is 21.6 Å². The molecule has 7 nitrogen and oxygen atoms in total. The van der Waals surface area contributed by atoms with Crippen LogP contribution in [0.2, 0.25) is 5.02 Å². The standard InChI is InChI=1S/C24H20ClF3N2O5S/c1-2-34-13-15-12-30(36(32,33)16-7-8-18(26)20(28)11-16)21-10-14(6-9-22(21)35-15)29-24(31)23-17(25)4-3-5-19(23)27/h3-11,15H,2,12-13H2,1H3,(H,29,31). The molecule has 1 aliphatic rings. The number of benzene rings is 3. The van der Waals surface area contributed by atoms with Crippen molar-refractivity contribution in [3.8, 4) is 5.75 Å². The van der Waals surface area contributed by atoms with Crippen LogP contribution in [0.5, 0.6) is 5.75 Å². The van der Waals surface area contributed by atoms with Gasteiger partial charge in [0.15, 0.2) is 11.6 Å². The van der Waals surface area contributed by atoms with Crippen LogP contribution in [0.15, 0.2) is 59.5 Å². The van der Waals surface area contributed by atoms with Crippen molar-refractivity contribution in [1.29, 1.82) is 0 Å². The van der Waals surface area contributed by atoms with E-state index >= 15 is 0 Å². The Morgan fingerprint density at radius 2 is 1.89 bits per heavy atom. The predicted molar refractivity (Wildman–Crippen MR) is 128 cm³/mol. The number of carbonyl (C=O) groups excluding carboxylic acids is 1. The molecule has 1 unspecified atom stereocenters. The molecular weight excluding hydrogens is 521 g/mol. The Kier molecular flexibility index (Phi) is 7.43. The number of fused-ring (bicyclic) bond motifs is 1. The van der Waals surface area contributed by atoms with Crippen LogP contribution in [-0.2, 0) is 14.8 Å². The average molecular weight is 541 g/mol. The van der Waals surface area contributed by atoms with E-state index in [0.29, 0.717) is 12.7 Å². The van der Waals surface area contributed by atoms with Crippen molar-refractivity contribution in [2.75, 3.05) is 29.4 Å². The molecule has 1 N–H and O–H groups in total. The molecule has 36 heavy (non-hydrogen) atoms. The Hall–Kier alpha value is -3.28. The summed E-state index contributed by atoms with van der Waals surface area (Å²) in [5.74, 6) is -4.04. The zero-order valence-corrected chi connectivity index (χ0v) is 20.4. The van der Waals surface area contributed by atoms with Crippen molar-refractivity contribution < 1.29 is 35.9 Å². The van der Waals surface area contributed by atoms with E-state index in [1.165, 1.54) is 30.3 Å². The van der Waals surface area contributed by atoms with Crippen molar-refractivity contribution in [1.82, 2.24) is 0 Å². The topological polar surface area (TPSA) is 84.9 Å². The van der Waals surface area contributed by atoms with Crippen molar-refractivity contribution in [2.45, 2.75) is 17.9 Å². The van der Waals surface area contributed by atoms with Crippen LogP contribution in [0.25, 0.3) is 0 Å². The first-order valence-corrected chi connectivity index (χ1v) is 12.5. The van der Waals surface area contributed by atoms with Gasteiger partial charge in [0, 0.05) is 12.3 Å². The predicted octanol–water partition coefficient (Wildman–Crippen LogP) is 5.00. The zero-order valence-electron chi connectivity index (χ0n) is 18.8. The largest absolute Gasteiger partial charge is 0.484 e. The number of halogens is 4. The Bertz CT molecular complexity index is 1400. The van der Waals surface area contributed by atoms with Crippen LogP contribution < -0.4 is 14.4 Å². The van der Waals surface area contributed by atoms with Gasteiger partial charge in [-0.05, 0) is 55.5 Å². The highest BCUT2D eigenvalue weighted by Crippen LogP contribution is 2.39. The molecule has 0 aliphatic carbocycles.